The number of rotatable bonds is 2. The maximum absolute atomic E-state index is 14.0. The molecule has 1 N–H and O–H groups in total. The van der Waals surface area contributed by atoms with Gasteiger partial charge in [-0.15, -0.1) is 0 Å². The number of allylic oxidation sites excluding steroid dienone is 2. The van der Waals surface area contributed by atoms with Crippen molar-refractivity contribution in [3.05, 3.63) is 80.7 Å². The summed E-state index contributed by atoms with van der Waals surface area (Å²) in [6.45, 7) is 3.91. The van der Waals surface area contributed by atoms with E-state index in [1.54, 1.807) is 6.20 Å². The van der Waals surface area contributed by atoms with Crippen molar-refractivity contribution in [1.29, 1.82) is 0 Å². The van der Waals surface area contributed by atoms with E-state index in [2.05, 4.69) is 45.0 Å². The molecule has 0 spiro atoms. The number of methoxy groups -OCH3 is 1. The van der Waals surface area contributed by atoms with Crippen LogP contribution >= 0.6 is 22.6 Å². The summed E-state index contributed by atoms with van der Waals surface area (Å²) in [5, 5.41) is 4.55. The first-order valence-electron chi connectivity index (χ1n) is 10.6. The van der Waals surface area contributed by atoms with Gasteiger partial charge < -0.3 is 10.1 Å². The Morgan fingerprint density at radius 1 is 1.16 bits per heavy atom. The number of aromatic nitrogens is 1. The van der Waals surface area contributed by atoms with Gasteiger partial charge in [0.25, 0.3) is 0 Å². The van der Waals surface area contributed by atoms with Gasteiger partial charge in [0.2, 0.25) is 0 Å². The SMILES string of the molecule is COC(=O)C1C(=O)C2=C(CC1(C)C)Nc1ccc3ncccc3c1C2c1ccccc1I. The van der Waals surface area contributed by atoms with Gasteiger partial charge >= 0.3 is 5.97 Å². The van der Waals surface area contributed by atoms with E-state index >= 15 is 0 Å². The molecular formula is C26H23IN2O3. The molecule has 2 aromatic carbocycles. The lowest BCUT2D eigenvalue weighted by Crippen LogP contribution is -2.46. The number of ether oxygens (including phenoxy) is 1. The van der Waals surface area contributed by atoms with E-state index < -0.39 is 17.3 Å². The molecule has 2 aliphatic rings. The number of fused-ring (bicyclic) bond motifs is 3. The van der Waals surface area contributed by atoms with E-state index in [4.69, 9.17) is 4.74 Å². The van der Waals surface area contributed by atoms with Crippen molar-refractivity contribution in [3.63, 3.8) is 0 Å². The number of pyridine rings is 1. The molecule has 5 rings (SSSR count). The van der Waals surface area contributed by atoms with Gasteiger partial charge in [-0.2, -0.15) is 0 Å². The van der Waals surface area contributed by atoms with Crippen LogP contribution in [-0.4, -0.2) is 23.8 Å². The fourth-order valence-electron chi connectivity index (χ4n) is 5.21. The minimum atomic E-state index is -0.841. The Labute approximate surface area is 200 Å². The van der Waals surface area contributed by atoms with Crippen LogP contribution in [0, 0.1) is 14.9 Å². The molecule has 2 atom stereocenters. The highest BCUT2D eigenvalue weighted by Gasteiger charge is 2.51. The first-order chi connectivity index (χ1) is 15.3. The van der Waals surface area contributed by atoms with Crippen molar-refractivity contribution in [3.8, 4) is 0 Å². The van der Waals surface area contributed by atoms with Crippen molar-refractivity contribution in [2.45, 2.75) is 26.2 Å². The Kier molecular flexibility index (Phi) is 5.08. The smallest absolute Gasteiger partial charge is 0.317 e. The highest BCUT2D eigenvalue weighted by molar-refractivity contribution is 14.1. The average molecular weight is 538 g/mol. The predicted molar refractivity (Wildman–Crippen MR) is 132 cm³/mol. The summed E-state index contributed by atoms with van der Waals surface area (Å²) < 4.78 is 6.14. The van der Waals surface area contributed by atoms with E-state index in [0.717, 1.165) is 37.0 Å². The Balaban J connectivity index is 1.82. The third-order valence-corrected chi connectivity index (χ3v) is 7.59. The maximum Gasteiger partial charge on any atom is 0.317 e. The number of Topliss-reactive ketones (excluding diaryl/α,β-unsaturated/α-hetero) is 1. The number of hydrogen-bond acceptors (Lipinski definition) is 5. The minimum Gasteiger partial charge on any atom is -0.468 e. The normalized spacial score (nSPS) is 21.6. The van der Waals surface area contributed by atoms with Crippen LogP contribution in [0.3, 0.4) is 0 Å². The van der Waals surface area contributed by atoms with Gasteiger partial charge in [0, 0.05) is 38.0 Å². The number of carbonyl (C=O) groups is 2. The number of halogens is 1. The van der Waals surface area contributed by atoms with Crippen LogP contribution in [0.2, 0.25) is 0 Å². The Morgan fingerprint density at radius 3 is 2.69 bits per heavy atom. The third-order valence-electron chi connectivity index (χ3n) is 6.61. The number of nitrogens with zero attached hydrogens (tertiary/aromatic N) is 1. The highest BCUT2D eigenvalue weighted by atomic mass is 127. The van der Waals surface area contributed by atoms with Crippen LogP contribution in [0.1, 0.15) is 37.3 Å². The molecule has 3 aromatic rings. The van der Waals surface area contributed by atoms with Crippen LogP contribution in [-0.2, 0) is 14.3 Å². The number of carbonyl (C=O) groups excluding carboxylic acids is 2. The van der Waals surface area contributed by atoms with E-state index in [1.165, 1.54) is 7.11 Å². The second-order valence-corrected chi connectivity index (χ2v) is 10.2. The van der Waals surface area contributed by atoms with Crippen LogP contribution in [0.15, 0.2) is 66.0 Å². The number of anilines is 1. The molecule has 32 heavy (non-hydrogen) atoms. The fourth-order valence-corrected chi connectivity index (χ4v) is 5.91. The lowest BCUT2D eigenvalue weighted by Gasteiger charge is -2.43. The fraction of sp³-hybridized carbons (Fsp3) is 0.269. The summed E-state index contributed by atoms with van der Waals surface area (Å²) in [6.07, 6.45) is 2.36. The zero-order valence-electron chi connectivity index (χ0n) is 18.1. The molecule has 5 nitrogen and oxygen atoms in total. The van der Waals surface area contributed by atoms with Gasteiger partial charge in [-0.3, -0.25) is 14.6 Å². The van der Waals surface area contributed by atoms with Crippen molar-refractivity contribution in [2.75, 3.05) is 12.4 Å². The van der Waals surface area contributed by atoms with E-state index in [9.17, 15) is 9.59 Å². The van der Waals surface area contributed by atoms with Crippen LogP contribution in [0.5, 0.6) is 0 Å². The zero-order valence-corrected chi connectivity index (χ0v) is 20.3. The summed E-state index contributed by atoms with van der Waals surface area (Å²) in [6, 6.07) is 16.1. The molecule has 0 saturated heterocycles. The van der Waals surface area contributed by atoms with Gasteiger partial charge in [0.05, 0.1) is 12.6 Å². The number of benzene rings is 2. The molecule has 0 amide bonds. The van der Waals surface area contributed by atoms with Crippen LogP contribution < -0.4 is 5.32 Å². The minimum absolute atomic E-state index is 0.160. The lowest BCUT2D eigenvalue weighted by atomic mass is 9.63. The standard InChI is InChI=1S/C26H23IN2O3/c1-26(2)13-19-22(24(30)23(26)25(31)32-3)21(14-7-4-5-9-16(14)27)20-15-8-6-12-28-17(15)10-11-18(20)29-19/h4-12,21,23,29H,13H2,1-3H3. The van der Waals surface area contributed by atoms with E-state index in [-0.39, 0.29) is 11.7 Å². The number of nitrogens with one attached hydrogen (secondary N) is 1. The molecule has 1 aromatic heterocycles. The molecule has 0 bridgehead atoms. The van der Waals surface area contributed by atoms with Crippen molar-refractivity contribution < 1.29 is 14.3 Å². The number of esters is 1. The van der Waals surface area contributed by atoms with Gasteiger partial charge in [-0.25, -0.2) is 0 Å². The summed E-state index contributed by atoms with van der Waals surface area (Å²) in [5.74, 6) is -1.77. The quantitative estimate of drug-likeness (QED) is 0.268. The molecule has 2 heterocycles. The number of ketones is 1. The lowest BCUT2D eigenvalue weighted by molar-refractivity contribution is -0.154. The molecule has 0 radical (unpaired) electrons. The molecule has 0 saturated carbocycles. The molecule has 0 fully saturated rings. The molecular weight excluding hydrogens is 515 g/mol. The number of hydrogen-bond donors (Lipinski definition) is 1. The summed E-state index contributed by atoms with van der Waals surface area (Å²) in [7, 11) is 1.35. The second-order valence-electron chi connectivity index (χ2n) is 9.05. The highest BCUT2D eigenvalue weighted by Crippen LogP contribution is 2.53. The van der Waals surface area contributed by atoms with E-state index in [0.29, 0.717) is 12.0 Å². The summed E-state index contributed by atoms with van der Waals surface area (Å²) >= 11 is 2.33. The maximum atomic E-state index is 14.0. The average Bonchev–Trinajstić information content (AvgIpc) is 2.77. The molecule has 162 valence electrons. The van der Waals surface area contributed by atoms with Crippen molar-refractivity contribution in [2.24, 2.45) is 11.3 Å². The molecule has 6 heteroatoms. The van der Waals surface area contributed by atoms with Crippen molar-refractivity contribution in [1.82, 2.24) is 4.98 Å². The summed E-state index contributed by atoms with van der Waals surface area (Å²) in [4.78, 5) is 31.3. The largest absolute Gasteiger partial charge is 0.468 e. The zero-order chi connectivity index (χ0) is 22.6. The second kappa shape index (κ2) is 7.69. The van der Waals surface area contributed by atoms with Gasteiger partial charge in [-0.05, 0) is 69.8 Å². The Morgan fingerprint density at radius 2 is 1.94 bits per heavy atom. The van der Waals surface area contributed by atoms with Gasteiger partial charge in [-0.1, -0.05) is 38.1 Å². The summed E-state index contributed by atoms with van der Waals surface area (Å²) in [5.41, 5.74) is 4.93. The predicted octanol–water partition coefficient (Wildman–Crippen LogP) is 5.44. The Hall–Kier alpha value is -2.74. The monoisotopic (exact) mass is 538 g/mol. The van der Waals surface area contributed by atoms with Gasteiger partial charge in [0.1, 0.15) is 5.92 Å². The van der Waals surface area contributed by atoms with Crippen molar-refractivity contribution >= 4 is 50.9 Å². The van der Waals surface area contributed by atoms with Gasteiger partial charge in [0.15, 0.2) is 5.78 Å². The van der Waals surface area contributed by atoms with Crippen LogP contribution in [0.25, 0.3) is 10.9 Å². The van der Waals surface area contributed by atoms with Crippen LogP contribution in [0.4, 0.5) is 5.69 Å². The first-order valence-corrected chi connectivity index (χ1v) is 11.7. The first kappa shape index (κ1) is 21.1. The molecule has 2 unspecified atom stereocenters. The van der Waals surface area contributed by atoms with E-state index in [1.807, 2.05) is 50.2 Å². The Bertz CT molecular complexity index is 1310. The topological polar surface area (TPSA) is 68.3 Å². The molecule has 1 aliphatic heterocycles. The molecule has 1 aliphatic carbocycles. The third kappa shape index (κ3) is 3.15.